The summed E-state index contributed by atoms with van der Waals surface area (Å²) in [6, 6.07) is 3.80. The zero-order valence-corrected chi connectivity index (χ0v) is 9.79. The normalized spacial score (nSPS) is 12.5. The summed E-state index contributed by atoms with van der Waals surface area (Å²) in [6.07, 6.45) is 3.26. The standard InChI is InChI=1S/C10H15BrN2O/c1-2-3-9(14)7-13-10-5-4-8(11)6-12-10/h4-6,9,14H,2-3,7H2,1H3,(H,12,13)/t9-/m1/s1. The molecule has 78 valence electrons. The zero-order valence-electron chi connectivity index (χ0n) is 8.20. The molecule has 2 N–H and O–H groups in total. The number of aromatic nitrogens is 1. The highest BCUT2D eigenvalue weighted by molar-refractivity contribution is 9.10. The van der Waals surface area contributed by atoms with Crippen molar-refractivity contribution in [3.63, 3.8) is 0 Å². The fourth-order valence-corrected chi connectivity index (χ4v) is 1.37. The Balaban J connectivity index is 2.34. The SMILES string of the molecule is CCC[C@@H](O)CNc1ccc(Br)cn1. The van der Waals surface area contributed by atoms with Crippen molar-refractivity contribution >= 4 is 21.7 Å². The molecule has 3 nitrogen and oxygen atoms in total. The topological polar surface area (TPSA) is 45.1 Å². The molecule has 1 atom stereocenters. The molecule has 0 aliphatic rings. The molecule has 1 heterocycles. The van der Waals surface area contributed by atoms with E-state index in [-0.39, 0.29) is 6.10 Å². The number of nitrogens with one attached hydrogen (secondary N) is 1. The predicted octanol–water partition coefficient (Wildman–Crippen LogP) is 2.42. The molecule has 0 spiro atoms. The molecule has 1 rings (SSSR count). The van der Waals surface area contributed by atoms with E-state index in [1.165, 1.54) is 0 Å². The minimum absolute atomic E-state index is 0.287. The lowest BCUT2D eigenvalue weighted by molar-refractivity contribution is 0.176. The minimum atomic E-state index is -0.287. The van der Waals surface area contributed by atoms with Crippen molar-refractivity contribution in [2.24, 2.45) is 0 Å². The first-order valence-electron chi connectivity index (χ1n) is 4.76. The zero-order chi connectivity index (χ0) is 10.4. The lowest BCUT2D eigenvalue weighted by atomic mass is 10.2. The van der Waals surface area contributed by atoms with Crippen molar-refractivity contribution in [3.05, 3.63) is 22.8 Å². The molecular formula is C10H15BrN2O. The van der Waals surface area contributed by atoms with Crippen LogP contribution in [0.2, 0.25) is 0 Å². The third-order valence-corrected chi connectivity index (χ3v) is 2.34. The van der Waals surface area contributed by atoms with Crippen LogP contribution in [0.5, 0.6) is 0 Å². The van der Waals surface area contributed by atoms with E-state index in [1.54, 1.807) is 6.20 Å². The molecule has 0 amide bonds. The second-order valence-electron chi connectivity index (χ2n) is 3.19. The van der Waals surface area contributed by atoms with Gasteiger partial charge in [-0.15, -0.1) is 0 Å². The van der Waals surface area contributed by atoms with Gasteiger partial charge in [0.05, 0.1) is 6.10 Å². The first-order chi connectivity index (χ1) is 6.72. The van der Waals surface area contributed by atoms with Crippen molar-refractivity contribution < 1.29 is 5.11 Å². The third-order valence-electron chi connectivity index (χ3n) is 1.87. The third kappa shape index (κ3) is 4.07. The Labute approximate surface area is 92.7 Å². The van der Waals surface area contributed by atoms with Gasteiger partial charge in [-0.25, -0.2) is 4.98 Å². The average Bonchev–Trinajstić information content (AvgIpc) is 2.17. The van der Waals surface area contributed by atoms with E-state index in [0.717, 1.165) is 23.1 Å². The number of hydrogen-bond donors (Lipinski definition) is 2. The summed E-state index contributed by atoms with van der Waals surface area (Å²) in [5.41, 5.74) is 0. The van der Waals surface area contributed by atoms with Gasteiger partial charge in [-0.3, -0.25) is 0 Å². The molecule has 0 aliphatic carbocycles. The molecule has 0 aromatic carbocycles. The highest BCUT2D eigenvalue weighted by atomic mass is 79.9. The molecule has 0 saturated carbocycles. The summed E-state index contributed by atoms with van der Waals surface area (Å²) < 4.78 is 0.956. The fourth-order valence-electron chi connectivity index (χ4n) is 1.14. The van der Waals surface area contributed by atoms with Gasteiger partial charge in [0.25, 0.3) is 0 Å². The first-order valence-corrected chi connectivity index (χ1v) is 5.55. The molecule has 0 fully saturated rings. The van der Waals surface area contributed by atoms with Crippen molar-refractivity contribution in [1.82, 2.24) is 4.98 Å². The summed E-state index contributed by atoms with van der Waals surface area (Å²) in [7, 11) is 0. The van der Waals surface area contributed by atoms with Crippen molar-refractivity contribution in [2.45, 2.75) is 25.9 Å². The van der Waals surface area contributed by atoms with E-state index in [2.05, 4.69) is 33.2 Å². The molecule has 0 aliphatic heterocycles. The summed E-state index contributed by atoms with van der Waals surface area (Å²) in [4.78, 5) is 4.14. The molecule has 1 aromatic heterocycles. The van der Waals surface area contributed by atoms with E-state index in [4.69, 9.17) is 0 Å². The van der Waals surface area contributed by atoms with Crippen LogP contribution in [0.3, 0.4) is 0 Å². The minimum Gasteiger partial charge on any atom is -0.391 e. The number of aliphatic hydroxyl groups is 1. The Morgan fingerprint density at radius 2 is 2.36 bits per heavy atom. The van der Waals surface area contributed by atoms with Gasteiger partial charge in [0.15, 0.2) is 0 Å². The van der Waals surface area contributed by atoms with Crippen molar-refractivity contribution in [3.8, 4) is 0 Å². The average molecular weight is 259 g/mol. The molecule has 14 heavy (non-hydrogen) atoms. The van der Waals surface area contributed by atoms with E-state index < -0.39 is 0 Å². The van der Waals surface area contributed by atoms with Crippen LogP contribution in [0.15, 0.2) is 22.8 Å². The summed E-state index contributed by atoms with van der Waals surface area (Å²) >= 11 is 3.31. The summed E-state index contributed by atoms with van der Waals surface area (Å²) in [5, 5.41) is 12.5. The quantitative estimate of drug-likeness (QED) is 0.853. The maximum Gasteiger partial charge on any atom is 0.126 e. The Hall–Kier alpha value is -0.610. The predicted molar refractivity (Wildman–Crippen MR) is 61.3 cm³/mol. The highest BCUT2D eigenvalue weighted by Crippen LogP contribution is 2.10. The molecule has 4 heteroatoms. The highest BCUT2D eigenvalue weighted by Gasteiger charge is 2.01. The number of halogens is 1. The number of rotatable bonds is 5. The van der Waals surface area contributed by atoms with Gasteiger partial charge in [0.1, 0.15) is 5.82 Å². The van der Waals surface area contributed by atoms with Gasteiger partial charge in [-0.05, 0) is 34.5 Å². The molecule has 0 unspecified atom stereocenters. The van der Waals surface area contributed by atoms with E-state index >= 15 is 0 Å². The first kappa shape index (κ1) is 11.5. The smallest absolute Gasteiger partial charge is 0.126 e. The van der Waals surface area contributed by atoms with Crippen molar-refractivity contribution in [2.75, 3.05) is 11.9 Å². The van der Waals surface area contributed by atoms with Crippen LogP contribution in [0, 0.1) is 0 Å². The lowest BCUT2D eigenvalue weighted by Gasteiger charge is -2.10. The Morgan fingerprint density at radius 3 is 2.93 bits per heavy atom. The van der Waals surface area contributed by atoms with Crippen LogP contribution >= 0.6 is 15.9 Å². The second-order valence-corrected chi connectivity index (χ2v) is 4.10. The molecular weight excluding hydrogens is 244 g/mol. The summed E-state index contributed by atoms with van der Waals surface area (Å²) in [5.74, 6) is 0.795. The second kappa shape index (κ2) is 5.98. The van der Waals surface area contributed by atoms with Crippen LogP contribution in [0.4, 0.5) is 5.82 Å². The molecule has 1 aromatic rings. The number of nitrogens with zero attached hydrogens (tertiary/aromatic N) is 1. The van der Waals surface area contributed by atoms with Crippen LogP contribution in [0.1, 0.15) is 19.8 Å². The van der Waals surface area contributed by atoms with Crippen LogP contribution < -0.4 is 5.32 Å². The summed E-state index contributed by atoms with van der Waals surface area (Å²) in [6.45, 7) is 2.61. The van der Waals surface area contributed by atoms with E-state index in [0.29, 0.717) is 6.54 Å². The Morgan fingerprint density at radius 1 is 1.57 bits per heavy atom. The molecule has 0 bridgehead atoms. The monoisotopic (exact) mass is 258 g/mol. The van der Waals surface area contributed by atoms with E-state index in [1.807, 2.05) is 12.1 Å². The molecule has 0 saturated heterocycles. The van der Waals surface area contributed by atoms with Crippen LogP contribution in [-0.4, -0.2) is 22.7 Å². The maximum absolute atomic E-state index is 9.47. The maximum atomic E-state index is 9.47. The molecule has 0 radical (unpaired) electrons. The number of anilines is 1. The van der Waals surface area contributed by atoms with E-state index in [9.17, 15) is 5.11 Å². The lowest BCUT2D eigenvalue weighted by Crippen LogP contribution is -2.19. The van der Waals surface area contributed by atoms with Crippen molar-refractivity contribution in [1.29, 1.82) is 0 Å². The number of pyridine rings is 1. The van der Waals surface area contributed by atoms with Gasteiger partial charge in [0.2, 0.25) is 0 Å². The van der Waals surface area contributed by atoms with Gasteiger partial charge in [-0.2, -0.15) is 0 Å². The van der Waals surface area contributed by atoms with Gasteiger partial charge < -0.3 is 10.4 Å². The Kier molecular flexibility index (Phi) is 4.90. The Bertz CT molecular complexity index is 263. The van der Waals surface area contributed by atoms with Crippen LogP contribution in [-0.2, 0) is 0 Å². The van der Waals surface area contributed by atoms with Gasteiger partial charge in [-0.1, -0.05) is 13.3 Å². The van der Waals surface area contributed by atoms with Gasteiger partial charge >= 0.3 is 0 Å². The number of hydrogen-bond acceptors (Lipinski definition) is 3. The number of aliphatic hydroxyl groups excluding tert-OH is 1. The van der Waals surface area contributed by atoms with Crippen LogP contribution in [0.25, 0.3) is 0 Å². The largest absolute Gasteiger partial charge is 0.391 e. The van der Waals surface area contributed by atoms with Gasteiger partial charge in [0, 0.05) is 17.2 Å². The fraction of sp³-hybridized carbons (Fsp3) is 0.500.